The SMILES string of the molecule is O=C1c2cccc(O)c2C(=O)c2c(O[C@@H]3O[C@H](C(=O)O)[C@@H](O)[C@H](O)[C@H]3O)cccc21. The van der Waals surface area contributed by atoms with Crippen LogP contribution in [0.2, 0.25) is 0 Å². The third-order valence-corrected chi connectivity index (χ3v) is 5.07. The normalized spacial score (nSPS) is 27.9. The van der Waals surface area contributed by atoms with Crippen LogP contribution < -0.4 is 4.74 Å². The predicted molar refractivity (Wildman–Crippen MR) is 96.4 cm³/mol. The number of carbonyl (C=O) groups excluding carboxylic acids is 2. The van der Waals surface area contributed by atoms with Crippen LogP contribution >= 0.6 is 0 Å². The topological polar surface area (TPSA) is 171 Å². The van der Waals surface area contributed by atoms with Crippen molar-refractivity contribution in [2.24, 2.45) is 0 Å². The zero-order valence-electron chi connectivity index (χ0n) is 15.1. The van der Waals surface area contributed by atoms with E-state index in [1.807, 2.05) is 0 Å². The lowest BCUT2D eigenvalue weighted by Crippen LogP contribution is -2.61. The first-order valence-corrected chi connectivity index (χ1v) is 8.86. The van der Waals surface area contributed by atoms with E-state index >= 15 is 0 Å². The van der Waals surface area contributed by atoms with Gasteiger partial charge in [0, 0.05) is 11.1 Å². The van der Waals surface area contributed by atoms with E-state index < -0.39 is 54.0 Å². The minimum atomic E-state index is -1.91. The van der Waals surface area contributed by atoms with Gasteiger partial charge < -0.3 is 35.0 Å². The number of phenolic OH excluding ortho intramolecular Hbond substituents is 1. The Kier molecular flexibility index (Phi) is 4.79. The number of hydrogen-bond acceptors (Lipinski definition) is 9. The van der Waals surface area contributed by atoms with Gasteiger partial charge in [-0.25, -0.2) is 4.79 Å². The molecule has 156 valence electrons. The Labute approximate surface area is 168 Å². The highest BCUT2D eigenvalue weighted by atomic mass is 16.7. The van der Waals surface area contributed by atoms with Crippen molar-refractivity contribution in [2.45, 2.75) is 30.7 Å². The van der Waals surface area contributed by atoms with Crippen LogP contribution in [0.25, 0.3) is 0 Å². The first kappa shape index (κ1) is 20.0. The van der Waals surface area contributed by atoms with Crippen molar-refractivity contribution in [3.63, 3.8) is 0 Å². The molecule has 1 aliphatic heterocycles. The fraction of sp³-hybridized carbons (Fsp3) is 0.250. The number of aromatic hydroxyl groups is 1. The van der Waals surface area contributed by atoms with E-state index in [2.05, 4.69) is 0 Å². The summed E-state index contributed by atoms with van der Waals surface area (Å²) in [6.07, 6.45) is -9.30. The molecule has 30 heavy (non-hydrogen) atoms. The van der Waals surface area contributed by atoms with Crippen LogP contribution in [0, 0.1) is 0 Å². The summed E-state index contributed by atoms with van der Waals surface area (Å²) in [5.41, 5.74) is -0.422. The van der Waals surface area contributed by atoms with Gasteiger partial charge in [-0.2, -0.15) is 0 Å². The molecule has 1 fully saturated rings. The molecule has 0 unspecified atom stereocenters. The molecule has 2 aromatic rings. The second kappa shape index (κ2) is 7.18. The van der Waals surface area contributed by atoms with Crippen molar-refractivity contribution < 1.29 is 49.4 Å². The van der Waals surface area contributed by atoms with Gasteiger partial charge in [-0.3, -0.25) is 9.59 Å². The van der Waals surface area contributed by atoms with E-state index in [1.54, 1.807) is 0 Å². The van der Waals surface area contributed by atoms with Gasteiger partial charge >= 0.3 is 5.97 Å². The number of benzene rings is 2. The summed E-state index contributed by atoms with van der Waals surface area (Å²) in [5.74, 6) is -3.47. The van der Waals surface area contributed by atoms with E-state index in [9.17, 15) is 34.8 Å². The van der Waals surface area contributed by atoms with Crippen LogP contribution in [0.15, 0.2) is 36.4 Å². The molecule has 0 aromatic heterocycles. The molecule has 0 bridgehead atoms. The Morgan fingerprint density at radius 1 is 0.867 bits per heavy atom. The van der Waals surface area contributed by atoms with Crippen molar-refractivity contribution in [3.05, 3.63) is 58.7 Å². The summed E-state index contributed by atoms with van der Waals surface area (Å²) in [5, 5.41) is 49.1. The molecule has 0 radical (unpaired) electrons. The van der Waals surface area contributed by atoms with Gasteiger partial charge in [0.2, 0.25) is 12.1 Å². The lowest BCUT2D eigenvalue weighted by Gasteiger charge is -2.38. The number of fused-ring (bicyclic) bond motifs is 2. The summed E-state index contributed by atoms with van der Waals surface area (Å²) in [6, 6.07) is 8.15. The van der Waals surface area contributed by atoms with E-state index in [0.29, 0.717) is 0 Å². The summed E-state index contributed by atoms with van der Waals surface area (Å²) < 4.78 is 10.5. The van der Waals surface area contributed by atoms with Crippen molar-refractivity contribution >= 4 is 17.5 Å². The number of ether oxygens (including phenoxy) is 2. The standard InChI is InChI=1S/C20H16O10/c21-9-5-1-3-7-11(9)14(23)12-8(13(7)22)4-2-6-10(12)29-20-17(26)15(24)16(25)18(30-20)19(27)28/h1-6,15-18,20-21,24-26H,(H,27,28)/t15-,16-,17+,18-,20+/m0/s1. The van der Waals surface area contributed by atoms with Crippen LogP contribution in [0.1, 0.15) is 31.8 Å². The monoisotopic (exact) mass is 416 g/mol. The molecule has 0 saturated carbocycles. The van der Waals surface area contributed by atoms with Gasteiger partial charge in [0.25, 0.3) is 0 Å². The average molecular weight is 416 g/mol. The lowest BCUT2D eigenvalue weighted by atomic mass is 9.83. The fourth-order valence-corrected chi connectivity index (χ4v) is 3.57. The molecule has 1 heterocycles. The first-order valence-electron chi connectivity index (χ1n) is 8.86. The number of aliphatic hydroxyl groups excluding tert-OH is 3. The van der Waals surface area contributed by atoms with Crippen molar-refractivity contribution in [1.29, 1.82) is 0 Å². The highest BCUT2D eigenvalue weighted by Gasteiger charge is 2.48. The maximum atomic E-state index is 13.0. The largest absolute Gasteiger partial charge is 0.507 e. The number of carbonyl (C=O) groups is 3. The van der Waals surface area contributed by atoms with Crippen LogP contribution in [0.4, 0.5) is 0 Å². The number of rotatable bonds is 3. The number of hydrogen-bond donors (Lipinski definition) is 5. The predicted octanol–water partition coefficient (Wildman–Crippen LogP) is -0.561. The summed E-state index contributed by atoms with van der Waals surface area (Å²) in [4.78, 5) is 37.1. The van der Waals surface area contributed by atoms with E-state index in [4.69, 9.17) is 14.6 Å². The zero-order chi connectivity index (χ0) is 21.7. The molecule has 4 rings (SSSR count). The van der Waals surface area contributed by atoms with Crippen molar-refractivity contribution in [1.82, 2.24) is 0 Å². The molecule has 1 aliphatic carbocycles. The number of aliphatic hydroxyl groups is 3. The van der Waals surface area contributed by atoms with E-state index in [0.717, 1.165) is 0 Å². The molecule has 0 spiro atoms. The van der Waals surface area contributed by atoms with E-state index in [-0.39, 0.29) is 28.0 Å². The maximum Gasteiger partial charge on any atom is 0.335 e. The van der Waals surface area contributed by atoms with Gasteiger partial charge in [0.1, 0.15) is 29.8 Å². The van der Waals surface area contributed by atoms with Gasteiger partial charge in [0.05, 0.1) is 11.1 Å². The quantitative estimate of drug-likeness (QED) is 0.373. The number of carboxylic acid groups (broad SMARTS) is 1. The molecular formula is C20H16O10. The molecule has 0 amide bonds. The Bertz CT molecular complexity index is 1060. The average Bonchev–Trinajstić information content (AvgIpc) is 2.71. The highest BCUT2D eigenvalue weighted by molar-refractivity contribution is 6.30. The highest BCUT2D eigenvalue weighted by Crippen LogP contribution is 2.37. The van der Waals surface area contributed by atoms with Gasteiger partial charge in [-0.05, 0) is 12.1 Å². The molecular weight excluding hydrogens is 400 g/mol. The van der Waals surface area contributed by atoms with E-state index in [1.165, 1.54) is 36.4 Å². The molecule has 5 atom stereocenters. The number of carboxylic acids is 1. The minimum Gasteiger partial charge on any atom is -0.507 e. The number of aliphatic carboxylic acids is 1. The molecule has 1 saturated heterocycles. The van der Waals surface area contributed by atoms with Crippen LogP contribution in [0.3, 0.4) is 0 Å². The molecule has 10 heteroatoms. The van der Waals surface area contributed by atoms with Crippen LogP contribution in [-0.2, 0) is 9.53 Å². The fourth-order valence-electron chi connectivity index (χ4n) is 3.57. The summed E-state index contributed by atoms with van der Waals surface area (Å²) >= 11 is 0. The second-order valence-corrected chi connectivity index (χ2v) is 6.89. The smallest absolute Gasteiger partial charge is 0.335 e. The molecule has 5 N–H and O–H groups in total. The summed E-state index contributed by atoms with van der Waals surface area (Å²) in [7, 11) is 0. The van der Waals surface area contributed by atoms with Crippen LogP contribution in [0.5, 0.6) is 11.5 Å². The first-order chi connectivity index (χ1) is 14.2. The van der Waals surface area contributed by atoms with Crippen LogP contribution in [-0.4, -0.2) is 73.8 Å². The Morgan fingerprint density at radius 3 is 2.17 bits per heavy atom. The zero-order valence-corrected chi connectivity index (χ0v) is 15.1. The van der Waals surface area contributed by atoms with Gasteiger partial charge in [-0.1, -0.05) is 24.3 Å². The number of ketones is 2. The van der Waals surface area contributed by atoms with Gasteiger partial charge in [-0.15, -0.1) is 0 Å². The summed E-state index contributed by atoms with van der Waals surface area (Å²) in [6.45, 7) is 0. The Morgan fingerprint density at radius 2 is 1.50 bits per heavy atom. The Balaban J connectivity index is 1.74. The molecule has 10 nitrogen and oxygen atoms in total. The second-order valence-electron chi connectivity index (χ2n) is 6.89. The number of phenols is 1. The maximum absolute atomic E-state index is 13.0. The van der Waals surface area contributed by atoms with Gasteiger partial charge in [0.15, 0.2) is 11.9 Å². The van der Waals surface area contributed by atoms with Crippen molar-refractivity contribution in [2.75, 3.05) is 0 Å². The lowest BCUT2D eigenvalue weighted by molar-refractivity contribution is -0.271. The molecule has 2 aliphatic rings. The Hall–Kier alpha value is -3.31. The molecule has 2 aromatic carbocycles. The third-order valence-electron chi connectivity index (χ3n) is 5.07. The minimum absolute atomic E-state index is 0.0167. The van der Waals surface area contributed by atoms with Crippen molar-refractivity contribution in [3.8, 4) is 11.5 Å². The third kappa shape index (κ3) is 2.94.